The number of nitrogens with two attached hydrogens (primary N) is 1. The third-order valence-corrected chi connectivity index (χ3v) is 3.02. The van der Waals surface area contributed by atoms with Crippen molar-refractivity contribution in [1.29, 1.82) is 0 Å². The predicted molar refractivity (Wildman–Crippen MR) is 60.4 cm³/mol. The molecular weight excluding hydrogens is 188 g/mol. The molecule has 0 heterocycles. The minimum absolute atomic E-state index is 0.119. The maximum atomic E-state index is 9.02. The van der Waals surface area contributed by atoms with Gasteiger partial charge in [0.25, 0.3) is 0 Å². The number of hydrogen-bond acceptors (Lipinski definition) is 3. The minimum atomic E-state index is 0.119. The van der Waals surface area contributed by atoms with Crippen LogP contribution >= 0.6 is 0 Å². The third kappa shape index (κ3) is 2.04. The summed E-state index contributed by atoms with van der Waals surface area (Å²) >= 11 is 0. The van der Waals surface area contributed by atoms with Gasteiger partial charge in [-0.25, -0.2) is 0 Å². The van der Waals surface area contributed by atoms with Crippen LogP contribution in [0.25, 0.3) is 0 Å². The lowest BCUT2D eigenvalue weighted by molar-refractivity contribution is 0.239. The number of nitrogens with one attached hydrogen (secondary N) is 1. The van der Waals surface area contributed by atoms with Gasteiger partial charge in [0, 0.05) is 18.1 Å². The van der Waals surface area contributed by atoms with Gasteiger partial charge in [0.05, 0.1) is 6.61 Å². The van der Waals surface area contributed by atoms with Gasteiger partial charge in [-0.3, -0.25) is 0 Å². The number of fused-ring (bicyclic) bond motifs is 1. The van der Waals surface area contributed by atoms with Gasteiger partial charge in [0.15, 0.2) is 0 Å². The average Bonchev–Trinajstić information content (AvgIpc) is 2.57. The van der Waals surface area contributed by atoms with Crippen LogP contribution < -0.4 is 11.1 Å². The van der Waals surface area contributed by atoms with E-state index >= 15 is 0 Å². The van der Waals surface area contributed by atoms with E-state index in [1.807, 2.05) is 19.1 Å². The molecule has 3 atom stereocenters. The first-order valence-electron chi connectivity index (χ1n) is 5.43. The van der Waals surface area contributed by atoms with Crippen molar-refractivity contribution in [1.82, 2.24) is 5.32 Å². The van der Waals surface area contributed by atoms with Crippen LogP contribution in [0.3, 0.4) is 0 Å². The van der Waals surface area contributed by atoms with E-state index in [1.165, 1.54) is 11.1 Å². The van der Waals surface area contributed by atoms with Crippen molar-refractivity contribution in [3.8, 4) is 0 Å². The zero-order valence-electron chi connectivity index (χ0n) is 8.98. The van der Waals surface area contributed by atoms with Gasteiger partial charge in [-0.2, -0.15) is 0 Å². The van der Waals surface area contributed by atoms with E-state index in [0.29, 0.717) is 6.04 Å². The molecule has 1 aromatic rings. The molecule has 0 saturated carbocycles. The first-order chi connectivity index (χ1) is 7.22. The minimum Gasteiger partial charge on any atom is -0.395 e. The second kappa shape index (κ2) is 4.31. The third-order valence-electron chi connectivity index (χ3n) is 3.02. The fourth-order valence-corrected chi connectivity index (χ4v) is 2.23. The molecule has 0 bridgehead atoms. The van der Waals surface area contributed by atoms with Gasteiger partial charge in [0.1, 0.15) is 0 Å². The molecule has 0 aromatic heterocycles. The second-order valence-corrected chi connectivity index (χ2v) is 4.27. The SMILES string of the molecule is C[C@H](CO)NC1CC(N)c2ccccc21. The summed E-state index contributed by atoms with van der Waals surface area (Å²) in [5.41, 5.74) is 8.57. The molecule has 2 rings (SSSR count). The van der Waals surface area contributed by atoms with E-state index in [0.717, 1.165) is 6.42 Å². The normalized spacial score (nSPS) is 26.3. The fourth-order valence-electron chi connectivity index (χ4n) is 2.23. The van der Waals surface area contributed by atoms with Crippen molar-refractivity contribution in [2.45, 2.75) is 31.5 Å². The molecular formula is C12H18N2O. The standard InChI is InChI=1S/C12H18N2O/c1-8(7-15)14-12-6-11(13)9-4-2-3-5-10(9)12/h2-5,8,11-12,14-15H,6-7,13H2,1H3/t8-,11?,12?/m1/s1. The van der Waals surface area contributed by atoms with Crippen molar-refractivity contribution >= 4 is 0 Å². The maximum absolute atomic E-state index is 9.02. The Kier molecular flexibility index (Phi) is 3.05. The summed E-state index contributed by atoms with van der Waals surface area (Å²) in [7, 11) is 0. The molecule has 0 fully saturated rings. The Morgan fingerprint density at radius 2 is 2.13 bits per heavy atom. The number of hydrogen-bond donors (Lipinski definition) is 3. The van der Waals surface area contributed by atoms with Crippen LogP contribution in [-0.4, -0.2) is 17.8 Å². The van der Waals surface area contributed by atoms with Gasteiger partial charge in [-0.15, -0.1) is 0 Å². The van der Waals surface area contributed by atoms with E-state index in [-0.39, 0.29) is 18.7 Å². The van der Waals surface area contributed by atoms with Crippen LogP contribution in [0.15, 0.2) is 24.3 Å². The summed E-state index contributed by atoms with van der Waals surface area (Å²) in [6.45, 7) is 2.14. The smallest absolute Gasteiger partial charge is 0.0582 e. The van der Waals surface area contributed by atoms with Crippen molar-refractivity contribution in [3.05, 3.63) is 35.4 Å². The maximum Gasteiger partial charge on any atom is 0.0582 e. The molecule has 1 aromatic carbocycles. The summed E-state index contributed by atoms with van der Waals surface area (Å²) < 4.78 is 0. The molecule has 0 amide bonds. The Bertz CT molecular complexity index is 340. The van der Waals surface area contributed by atoms with Crippen LogP contribution in [0.4, 0.5) is 0 Å². The zero-order valence-corrected chi connectivity index (χ0v) is 8.98. The fraction of sp³-hybridized carbons (Fsp3) is 0.500. The largest absolute Gasteiger partial charge is 0.395 e. The van der Waals surface area contributed by atoms with Crippen LogP contribution in [-0.2, 0) is 0 Å². The first-order valence-corrected chi connectivity index (χ1v) is 5.43. The molecule has 82 valence electrons. The molecule has 3 heteroatoms. The molecule has 4 N–H and O–H groups in total. The summed E-state index contributed by atoms with van der Waals surface area (Å²) in [6.07, 6.45) is 0.920. The number of benzene rings is 1. The van der Waals surface area contributed by atoms with E-state index < -0.39 is 0 Å². The molecule has 0 radical (unpaired) electrons. The summed E-state index contributed by atoms with van der Waals surface area (Å²) in [6, 6.07) is 8.80. The molecule has 0 saturated heterocycles. The molecule has 1 aliphatic carbocycles. The Labute approximate surface area is 90.3 Å². The van der Waals surface area contributed by atoms with Crippen LogP contribution in [0.1, 0.15) is 36.6 Å². The van der Waals surface area contributed by atoms with E-state index in [9.17, 15) is 0 Å². The van der Waals surface area contributed by atoms with Crippen molar-refractivity contribution < 1.29 is 5.11 Å². The first kappa shape index (κ1) is 10.6. The predicted octanol–water partition coefficient (Wildman–Crippen LogP) is 1.10. The van der Waals surface area contributed by atoms with Gasteiger partial charge < -0.3 is 16.2 Å². The van der Waals surface area contributed by atoms with E-state index in [4.69, 9.17) is 10.8 Å². The zero-order chi connectivity index (χ0) is 10.8. The molecule has 3 nitrogen and oxygen atoms in total. The van der Waals surface area contributed by atoms with E-state index in [2.05, 4.69) is 17.4 Å². The average molecular weight is 206 g/mol. The highest BCUT2D eigenvalue weighted by atomic mass is 16.3. The highest BCUT2D eigenvalue weighted by Crippen LogP contribution is 2.36. The number of rotatable bonds is 3. The van der Waals surface area contributed by atoms with Crippen LogP contribution in [0.5, 0.6) is 0 Å². The summed E-state index contributed by atoms with van der Waals surface area (Å²) in [4.78, 5) is 0. The van der Waals surface area contributed by atoms with E-state index in [1.54, 1.807) is 0 Å². The van der Waals surface area contributed by atoms with Crippen molar-refractivity contribution in [2.75, 3.05) is 6.61 Å². The monoisotopic (exact) mass is 206 g/mol. The molecule has 1 aliphatic rings. The molecule has 0 aliphatic heterocycles. The highest BCUT2D eigenvalue weighted by Gasteiger charge is 2.28. The van der Waals surface area contributed by atoms with Crippen LogP contribution in [0, 0.1) is 0 Å². The number of aliphatic hydroxyl groups is 1. The summed E-state index contributed by atoms with van der Waals surface area (Å²) in [5, 5.41) is 12.4. The molecule has 0 spiro atoms. The quantitative estimate of drug-likeness (QED) is 0.694. The lowest BCUT2D eigenvalue weighted by atomic mass is 10.1. The van der Waals surface area contributed by atoms with Gasteiger partial charge in [-0.05, 0) is 24.5 Å². The van der Waals surface area contributed by atoms with Gasteiger partial charge in [0.2, 0.25) is 0 Å². The Morgan fingerprint density at radius 3 is 2.80 bits per heavy atom. The van der Waals surface area contributed by atoms with Gasteiger partial charge in [-0.1, -0.05) is 24.3 Å². The Hall–Kier alpha value is -0.900. The van der Waals surface area contributed by atoms with Crippen molar-refractivity contribution in [3.63, 3.8) is 0 Å². The molecule has 2 unspecified atom stereocenters. The van der Waals surface area contributed by atoms with Crippen molar-refractivity contribution in [2.24, 2.45) is 5.73 Å². The topological polar surface area (TPSA) is 58.3 Å². The number of aliphatic hydroxyl groups excluding tert-OH is 1. The second-order valence-electron chi connectivity index (χ2n) is 4.27. The van der Waals surface area contributed by atoms with Gasteiger partial charge >= 0.3 is 0 Å². The Morgan fingerprint density at radius 1 is 1.47 bits per heavy atom. The Balaban J connectivity index is 2.17. The van der Waals surface area contributed by atoms with Crippen LogP contribution in [0.2, 0.25) is 0 Å². The molecule has 15 heavy (non-hydrogen) atoms. The lowest BCUT2D eigenvalue weighted by Gasteiger charge is -2.18. The highest BCUT2D eigenvalue weighted by molar-refractivity contribution is 5.37. The lowest BCUT2D eigenvalue weighted by Crippen LogP contribution is -2.32. The summed E-state index contributed by atoms with van der Waals surface area (Å²) in [5.74, 6) is 0.